The highest BCUT2D eigenvalue weighted by Gasteiger charge is 2.30. The highest BCUT2D eigenvalue weighted by atomic mass is 16.3. The predicted molar refractivity (Wildman–Crippen MR) is 63.5 cm³/mol. The van der Waals surface area contributed by atoms with Crippen LogP contribution in [0.1, 0.15) is 51.4 Å². The van der Waals surface area contributed by atoms with E-state index in [1.807, 2.05) is 0 Å². The van der Waals surface area contributed by atoms with Gasteiger partial charge in [-0.05, 0) is 19.3 Å². The Hall–Kier alpha value is -0.740. The van der Waals surface area contributed by atoms with Crippen molar-refractivity contribution in [3.8, 4) is 0 Å². The van der Waals surface area contributed by atoms with Crippen molar-refractivity contribution < 1.29 is 19.8 Å². The fourth-order valence-electron chi connectivity index (χ4n) is 2.37. The first-order valence-electron chi connectivity index (χ1n) is 6.47. The molecular weight excluding hydrogens is 220 g/mol. The molecular formula is C13H22O4. The smallest absolute Gasteiger partial charge is 0.158 e. The highest BCUT2D eigenvalue weighted by molar-refractivity contribution is 5.83. The molecule has 17 heavy (non-hydrogen) atoms. The number of aliphatic hydroxyl groups is 2. The van der Waals surface area contributed by atoms with E-state index in [0.717, 1.165) is 32.1 Å². The van der Waals surface area contributed by atoms with Crippen LogP contribution in [-0.4, -0.2) is 34.5 Å². The first-order valence-corrected chi connectivity index (χ1v) is 6.47. The van der Waals surface area contributed by atoms with Crippen molar-refractivity contribution in [1.82, 2.24) is 0 Å². The molecule has 0 amide bonds. The minimum atomic E-state index is -0.422. The van der Waals surface area contributed by atoms with Crippen molar-refractivity contribution in [2.75, 3.05) is 6.61 Å². The molecule has 1 saturated carbocycles. The molecule has 0 aromatic rings. The van der Waals surface area contributed by atoms with Gasteiger partial charge in [0, 0.05) is 18.8 Å². The average Bonchev–Trinajstić information content (AvgIpc) is 2.62. The summed E-state index contributed by atoms with van der Waals surface area (Å²) in [5.74, 6) is 0.163. The number of unbranched alkanes of at least 4 members (excludes halogenated alkanes) is 3. The minimum absolute atomic E-state index is 0.0593. The van der Waals surface area contributed by atoms with Gasteiger partial charge in [0.2, 0.25) is 0 Å². The standard InChI is InChI=1S/C13H22O4/c14-9-11(15)6-4-2-1-3-5-10-7-12(16)8-13(10)17/h10,12,14,16H,1-9H2. The average molecular weight is 242 g/mol. The Labute approximate surface area is 102 Å². The van der Waals surface area contributed by atoms with Crippen molar-refractivity contribution in [3.63, 3.8) is 0 Å². The predicted octanol–water partition coefficient (Wildman–Crippen LogP) is 1.23. The number of aliphatic hydroxyl groups excluding tert-OH is 2. The van der Waals surface area contributed by atoms with Gasteiger partial charge in [0.05, 0.1) is 6.10 Å². The lowest BCUT2D eigenvalue weighted by atomic mass is 9.98. The molecule has 0 bridgehead atoms. The number of carbonyl (C=O) groups is 2. The van der Waals surface area contributed by atoms with Gasteiger partial charge in [-0.25, -0.2) is 0 Å². The highest BCUT2D eigenvalue weighted by Crippen LogP contribution is 2.26. The maximum Gasteiger partial charge on any atom is 0.158 e. The van der Waals surface area contributed by atoms with Crippen LogP contribution in [0.3, 0.4) is 0 Å². The Bertz CT molecular complexity index is 262. The Kier molecular flexibility index (Phi) is 6.37. The molecule has 4 nitrogen and oxygen atoms in total. The third-order valence-corrected chi connectivity index (χ3v) is 3.38. The monoisotopic (exact) mass is 242 g/mol. The fraction of sp³-hybridized carbons (Fsp3) is 0.846. The molecule has 0 heterocycles. The van der Waals surface area contributed by atoms with Gasteiger partial charge in [0.25, 0.3) is 0 Å². The molecule has 4 heteroatoms. The summed E-state index contributed by atoms with van der Waals surface area (Å²) in [5, 5.41) is 17.8. The quantitative estimate of drug-likeness (QED) is 0.628. The summed E-state index contributed by atoms with van der Waals surface area (Å²) in [6.45, 7) is -0.353. The van der Waals surface area contributed by atoms with Crippen LogP contribution in [0, 0.1) is 5.92 Å². The molecule has 0 aromatic heterocycles. The number of carbonyl (C=O) groups excluding carboxylic acids is 2. The molecule has 2 atom stereocenters. The first kappa shape index (κ1) is 14.3. The molecule has 0 aliphatic heterocycles. The van der Waals surface area contributed by atoms with Gasteiger partial charge in [-0.1, -0.05) is 19.3 Å². The lowest BCUT2D eigenvalue weighted by Gasteiger charge is -2.07. The summed E-state index contributed by atoms with van der Waals surface area (Å²) in [7, 11) is 0. The van der Waals surface area contributed by atoms with Gasteiger partial charge in [0.15, 0.2) is 5.78 Å². The number of rotatable bonds is 8. The Morgan fingerprint density at radius 2 is 1.94 bits per heavy atom. The van der Waals surface area contributed by atoms with Crippen LogP contribution >= 0.6 is 0 Å². The van der Waals surface area contributed by atoms with Crippen LogP contribution in [0.15, 0.2) is 0 Å². The lowest BCUT2D eigenvalue weighted by Crippen LogP contribution is -2.06. The van der Waals surface area contributed by atoms with Crippen molar-refractivity contribution in [3.05, 3.63) is 0 Å². The van der Waals surface area contributed by atoms with Gasteiger partial charge < -0.3 is 10.2 Å². The van der Waals surface area contributed by atoms with Gasteiger partial charge in [-0.2, -0.15) is 0 Å². The molecule has 0 radical (unpaired) electrons. The summed E-state index contributed by atoms with van der Waals surface area (Å²) in [6.07, 6.45) is 5.64. The molecule has 1 aliphatic rings. The van der Waals surface area contributed by atoms with Gasteiger partial charge in [-0.3, -0.25) is 9.59 Å². The van der Waals surface area contributed by atoms with E-state index < -0.39 is 6.10 Å². The second kappa shape index (κ2) is 7.56. The van der Waals surface area contributed by atoms with Gasteiger partial charge in [-0.15, -0.1) is 0 Å². The van der Waals surface area contributed by atoms with Crippen LogP contribution in [0.2, 0.25) is 0 Å². The third kappa shape index (κ3) is 5.41. The summed E-state index contributed by atoms with van der Waals surface area (Å²) >= 11 is 0. The van der Waals surface area contributed by atoms with Crippen LogP contribution in [-0.2, 0) is 9.59 Å². The van der Waals surface area contributed by atoms with Crippen LogP contribution < -0.4 is 0 Å². The first-order chi connectivity index (χ1) is 8.13. The van der Waals surface area contributed by atoms with E-state index in [9.17, 15) is 14.7 Å². The summed E-state index contributed by atoms with van der Waals surface area (Å²) in [4.78, 5) is 22.2. The molecule has 0 saturated heterocycles. The molecule has 98 valence electrons. The van der Waals surface area contributed by atoms with Crippen LogP contribution in [0.5, 0.6) is 0 Å². The molecule has 1 aliphatic carbocycles. The third-order valence-electron chi connectivity index (χ3n) is 3.38. The van der Waals surface area contributed by atoms with E-state index in [4.69, 9.17) is 5.11 Å². The lowest BCUT2D eigenvalue weighted by molar-refractivity contribution is -0.122. The maximum absolute atomic E-state index is 11.4. The van der Waals surface area contributed by atoms with E-state index in [-0.39, 0.29) is 24.1 Å². The molecule has 2 N–H and O–H groups in total. The molecule has 1 fully saturated rings. The van der Waals surface area contributed by atoms with Crippen molar-refractivity contribution in [2.45, 2.75) is 57.5 Å². The number of ketones is 2. The summed E-state index contributed by atoms with van der Waals surface area (Å²) in [5.41, 5.74) is 0. The van der Waals surface area contributed by atoms with E-state index >= 15 is 0 Å². The van der Waals surface area contributed by atoms with E-state index in [1.165, 1.54) is 0 Å². The molecule has 0 spiro atoms. The Morgan fingerprint density at radius 3 is 2.53 bits per heavy atom. The van der Waals surface area contributed by atoms with Gasteiger partial charge in [0.1, 0.15) is 12.4 Å². The zero-order valence-corrected chi connectivity index (χ0v) is 10.2. The van der Waals surface area contributed by atoms with Crippen LogP contribution in [0.4, 0.5) is 0 Å². The zero-order chi connectivity index (χ0) is 12.7. The van der Waals surface area contributed by atoms with E-state index in [1.54, 1.807) is 0 Å². The largest absolute Gasteiger partial charge is 0.393 e. The molecule has 2 unspecified atom stereocenters. The van der Waals surface area contributed by atoms with Crippen molar-refractivity contribution in [2.24, 2.45) is 5.92 Å². The number of hydrogen-bond donors (Lipinski definition) is 2. The summed E-state index contributed by atoms with van der Waals surface area (Å²) in [6, 6.07) is 0. The second-order valence-electron chi connectivity index (χ2n) is 4.91. The Balaban J connectivity index is 1.97. The van der Waals surface area contributed by atoms with Crippen molar-refractivity contribution in [1.29, 1.82) is 0 Å². The fourth-order valence-corrected chi connectivity index (χ4v) is 2.37. The minimum Gasteiger partial charge on any atom is -0.393 e. The number of Topliss-reactive ketones (excluding diaryl/α,β-unsaturated/α-hetero) is 2. The zero-order valence-electron chi connectivity index (χ0n) is 10.2. The topological polar surface area (TPSA) is 74.6 Å². The Morgan fingerprint density at radius 1 is 1.24 bits per heavy atom. The molecule has 0 aromatic carbocycles. The van der Waals surface area contributed by atoms with Crippen LogP contribution in [0.25, 0.3) is 0 Å². The maximum atomic E-state index is 11.4. The van der Waals surface area contributed by atoms with Gasteiger partial charge >= 0.3 is 0 Å². The summed E-state index contributed by atoms with van der Waals surface area (Å²) < 4.78 is 0. The second-order valence-corrected chi connectivity index (χ2v) is 4.91. The molecule has 1 rings (SSSR count). The number of hydrogen-bond acceptors (Lipinski definition) is 4. The van der Waals surface area contributed by atoms with E-state index in [2.05, 4.69) is 0 Å². The normalized spacial score (nSPS) is 24.2. The van der Waals surface area contributed by atoms with Crippen molar-refractivity contribution >= 4 is 11.6 Å². The SMILES string of the molecule is O=C(CO)CCCCCCC1CC(O)CC1=O. The van der Waals surface area contributed by atoms with E-state index in [0.29, 0.717) is 19.3 Å².